The monoisotopic (exact) mass is 425 g/mol. The van der Waals surface area contributed by atoms with Crippen LogP contribution < -0.4 is 11.1 Å². The van der Waals surface area contributed by atoms with Crippen molar-refractivity contribution in [2.24, 2.45) is 5.73 Å². The maximum atomic E-state index is 12.8. The lowest BCUT2D eigenvalue weighted by Gasteiger charge is -2.22. The molecule has 0 radical (unpaired) electrons. The van der Waals surface area contributed by atoms with Crippen LogP contribution in [0.3, 0.4) is 0 Å². The maximum absolute atomic E-state index is 12.8. The minimum Gasteiger partial charge on any atom is -0.368 e. The highest BCUT2D eigenvalue weighted by Crippen LogP contribution is 2.36. The third-order valence-electron chi connectivity index (χ3n) is 4.38. The van der Waals surface area contributed by atoms with E-state index in [-0.39, 0.29) is 19.0 Å². The summed E-state index contributed by atoms with van der Waals surface area (Å²) in [5, 5.41) is 2.12. The quantitative estimate of drug-likeness (QED) is 0.710. The average molecular weight is 425 g/mol. The Morgan fingerprint density at radius 1 is 1.03 bits per heavy atom. The van der Waals surface area contributed by atoms with Gasteiger partial charge in [-0.2, -0.15) is 26.3 Å². The van der Waals surface area contributed by atoms with E-state index in [0.717, 1.165) is 0 Å². The second kappa shape index (κ2) is 8.29. The first-order valence-corrected chi connectivity index (χ1v) is 8.47. The minimum atomic E-state index is -5.08. The normalized spacial score (nSPS) is 17.3. The molecule has 0 aliphatic carbocycles. The van der Waals surface area contributed by atoms with Crippen molar-refractivity contribution in [3.63, 3.8) is 0 Å². The van der Waals surface area contributed by atoms with Gasteiger partial charge in [-0.05, 0) is 31.0 Å². The Morgan fingerprint density at radius 3 is 2.07 bits per heavy atom. The maximum Gasteiger partial charge on any atom is 0.416 e. The molecule has 1 saturated heterocycles. The van der Waals surface area contributed by atoms with Crippen LogP contribution >= 0.6 is 0 Å². The van der Waals surface area contributed by atoms with Crippen molar-refractivity contribution >= 4 is 17.7 Å². The fourth-order valence-corrected chi connectivity index (χ4v) is 2.98. The number of primary amides is 1. The number of halogens is 6. The number of hydrogen-bond donors (Lipinski definition) is 2. The van der Waals surface area contributed by atoms with E-state index in [1.165, 1.54) is 4.90 Å². The predicted molar refractivity (Wildman–Crippen MR) is 87.3 cm³/mol. The molecule has 1 heterocycles. The number of benzene rings is 1. The van der Waals surface area contributed by atoms with Crippen LogP contribution in [0.2, 0.25) is 0 Å². The molecule has 0 aromatic heterocycles. The van der Waals surface area contributed by atoms with Crippen molar-refractivity contribution in [3.8, 4) is 0 Å². The Labute approximate surface area is 161 Å². The molecule has 2 rings (SSSR count). The molecule has 0 bridgehead atoms. The zero-order chi connectivity index (χ0) is 22.0. The lowest BCUT2D eigenvalue weighted by atomic mass is 10.0. The van der Waals surface area contributed by atoms with Gasteiger partial charge >= 0.3 is 12.4 Å². The van der Waals surface area contributed by atoms with Crippen LogP contribution in [0.5, 0.6) is 0 Å². The van der Waals surface area contributed by atoms with E-state index in [2.05, 4.69) is 5.32 Å². The first-order chi connectivity index (χ1) is 13.3. The van der Waals surface area contributed by atoms with E-state index in [1.807, 2.05) is 0 Å². The zero-order valence-corrected chi connectivity index (χ0v) is 14.9. The number of nitrogens with zero attached hydrogens (tertiary/aromatic N) is 1. The Hall–Kier alpha value is -2.79. The van der Waals surface area contributed by atoms with Gasteiger partial charge < -0.3 is 16.0 Å². The first kappa shape index (κ1) is 22.5. The molecule has 1 aliphatic rings. The number of rotatable bonds is 5. The van der Waals surface area contributed by atoms with E-state index in [0.29, 0.717) is 31.5 Å². The number of nitrogens with two attached hydrogens (primary N) is 1. The Kier molecular flexibility index (Phi) is 6.43. The van der Waals surface area contributed by atoms with Gasteiger partial charge in [0, 0.05) is 25.1 Å². The van der Waals surface area contributed by atoms with Crippen LogP contribution in [0.1, 0.15) is 40.7 Å². The van der Waals surface area contributed by atoms with Crippen molar-refractivity contribution in [2.45, 2.75) is 37.7 Å². The highest BCUT2D eigenvalue weighted by molar-refractivity contribution is 5.95. The molecule has 1 unspecified atom stereocenters. The summed E-state index contributed by atoms with van der Waals surface area (Å²) in [6.45, 7) is -0.0415. The van der Waals surface area contributed by atoms with Crippen molar-refractivity contribution in [1.29, 1.82) is 0 Å². The number of nitrogens with one attached hydrogen (secondary N) is 1. The molecule has 6 nitrogen and oxygen atoms in total. The molecule has 1 aromatic rings. The number of carbonyl (C=O) groups is 3. The fraction of sp³-hybridized carbons (Fsp3) is 0.471. The molecule has 1 aromatic carbocycles. The van der Waals surface area contributed by atoms with Gasteiger partial charge in [0.15, 0.2) is 0 Å². The topological polar surface area (TPSA) is 92.5 Å². The van der Waals surface area contributed by atoms with Gasteiger partial charge in [0.25, 0.3) is 5.91 Å². The summed E-state index contributed by atoms with van der Waals surface area (Å²) in [6, 6.07) is -0.250. The summed E-state index contributed by atoms with van der Waals surface area (Å²) >= 11 is 0. The van der Waals surface area contributed by atoms with E-state index >= 15 is 0 Å². The van der Waals surface area contributed by atoms with Gasteiger partial charge in [-0.25, -0.2) is 0 Å². The van der Waals surface area contributed by atoms with E-state index < -0.39 is 52.8 Å². The molecule has 0 saturated carbocycles. The molecule has 0 spiro atoms. The Bertz CT molecular complexity index is 774. The lowest BCUT2D eigenvalue weighted by Crippen LogP contribution is -2.44. The van der Waals surface area contributed by atoms with Crippen molar-refractivity contribution in [1.82, 2.24) is 10.2 Å². The summed E-state index contributed by atoms with van der Waals surface area (Å²) in [4.78, 5) is 36.7. The van der Waals surface area contributed by atoms with Gasteiger partial charge in [0.05, 0.1) is 11.1 Å². The van der Waals surface area contributed by atoms with Crippen LogP contribution in [-0.4, -0.2) is 41.8 Å². The number of amides is 3. The average Bonchev–Trinajstić information content (AvgIpc) is 3.09. The highest BCUT2D eigenvalue weighted by Gasteiger charge is 2.37. The second-order valence-corrected chi connectivity index (χ2v) is 6.45. The molecule has 1 fully saturated rings. The largest absolute Gasteiger partial charge is 0.416 e. The Balaban J connectivity index is 2.07. The number of carbonyl (C=O) groups excluding carboxylic acids is 3. The molecule has 3 amide bonds. The summed E-state index contributed by atoms with van der Waals surface area (Å²) < 4.78 is 77.1. The van der Waals surface area contributed by atoms with Gasteiger partial charge in [0.2, 0.25) is 11.8 Å². The predicted octanol–water partition coefficient (Wildman–Crippen LogP) is 2.32. The van der Waals surface area contributed by atoms with Crippen LogP contribution in [0.25, 0.3) is 0 Å². The molecule has 29 heavy (non-hydrogen) atoms. The molecular formula is C17H17F6N3O3. The fourth-order valence-electron chi connectivity index (χ4n) is 2.98. The van der Waals surface area contributed by atoms with E-state index in [4.69, 9.17) is 5.73 Å². The molecule has 160 valence electrons. The van der Waals surface area contributed by atoms with Gasteiger partial charge in [-0.15, -0.1) is 0 Å². The molecule has 3 N–H and O–H groups in total. The highest BCUT2D eigenvalue weighted by atomic mass is 19.4. The smallest absolute Gasteiger partial charge is 0.368 e. The van der Waals surface area contributed by atoms with E-state index in [1.54, 1.807) is 0 Å². The first-order valence-electron chi connectivity index (χ1n) is 8.47. The van der Waals surface area contributed by atoms with Crippen molar-refractivity contribution in [2.75, 3.05) is 13.1 Å². The number of hydrogen-bond acceptors (Lipinski definition) is 3. The van der Waals surface area contributed by atoms with Crippen LogP contribution in [0.15, 0.2) is 18.2 Å². The van der Waals surface area contributed by atoms with Crippen LogP contribution in [-0.2, 0) is 21.9 Å². The summed E-state index contributed by atoms with van der Waals surface area (Å²) in [7, 11) is 0. The SMILES string of the molecule is NC(=O)C1CCCN1C(=O)CCNC(=O)c1cc(C(F)(F)F)cc(C(F)(F)F)c1. The lowest BCUT2D eigenvalue weighted by molar-refractivity contribution is -0.143. The minimum absolute atomic E-state index is 0.0857. The van der Waals surface area contributed by atoms with Crippen LogP contribution in [0.4, 0.5) is 26.3 Å². The summed E-state index contributed by atoms with van der Waals surface area (Å²) in [6.07, 6.45) is -9.48. The van der Waals surface area contributed by atoms with Crippen molar-refractivity contribution in [3.05, 3.63) is 34.9 Å². The summed E-state index contributed by atoms with van der Waals surface area (Å²) in [5.74, 6) is -2.38. The number of likely N-dealkylation sites (tertiary alicyclic amines) is 1. The Morgan fingerprint density at radius 2 is 1.59 bits per heavy atom. The van der Waals surface area contributed by atoms with Gasteiger partial charge in [-0.1, -0.05) is 0 Å². The summed E-state index contributed by atoms with van der Waals surface area (Å²) in [5.41, 5.74) is 1.12. The zero-order valence-electron chi connectivity index (χ0n) is 14.9. The standard InChI is InChI=1S/C17H17F6N3O3/c18-16(19,20)10-6-9(7-11(8-10)17(21,22)23)15(29)25-4-3-13(27)26-5-1-2-12(26)14(24)28/h6-8,12H,1-5H2,(H2,24,28)(H,25,29). The van der Waals surface area contributed by atoms with Crippen LogP contribution in [0, 0.1) is 0 Å². The third-order valence-corrected chi connectivity index (χ3v) is 4.38. The van der Waals surface area contributed by atoms with Crippen molar-refractivity contribution < 1.29 is 40.7 Å². The molecule has 1 atom stereocenters. The van der Waals surface area contributed by atoms with Gasteiger partial charge in [0.1, 0.15) is 6.04 Å². The second-order valence-electron chi connectivity index (χ2n) is 6.45. The molecular weight excluding hydrogens is 408 g/mol. The molecule has 12 heteroatoms. The third kappa shape index (κ3) is 5.61. The molecule has 1 aliphatic heterocycles. The van der Waals surface area contributed by atoms with E-state index in [9.17, 15) is 40.7 Å². The number of alkyl halides is 6. The van der Waals surface area contributed by atoms with Gasteiger partial charge in [-0.3, -0.25) is 14.4 Å².